The molecule has 11 heteroatoms. The van der Waals surface area contributed by atoms with Crippen LogP contribution in [-0.4, -0.2) is 83.6 Å². The number of nitrogens with one attached hydrogen (secondary N) is 1. The highest BCUT2D eigenvalue weighted by molar-refractivity contribution is 5.95. The van der Waals surface area contributed by atoms with Crippen LogP contribution in [0.1, 0.15) is 63.4 Å². The average Bonchev–Trinajstić information content (AvgIpc) is 3.51. The number of hydrogen-bond donors (Lipinski definition) is 4. The van der Waals surface area contributed by atoms with Crippen molar-refractivity contribution in [1.29, 1.82) is 0 Å². The lowest BCUT2D eigenvalue weighted by Gasteiger charge is -2.29. The van der Waals surface area contributed by atoms with Crippen molar-refractivity contribution in [1.82, 2.24) is 15.1 Å². The molecule has 0 saturated carbocycles. The maximum atomic E-state index is 13.5. The van der Waals surface area contributed by atoms with Crippen molar-refractivity contribution in [2.45, 2.75) is 82.3 Å². The number of amides is 3. The number of piperidine rings is 1. The molecule has 0 unspecified atom stereocenters. The van der Waals surface area contributed by atoms with Gasteiger partial charge < -0.3 is 32.3 Å². The summed E-state index contributed by atoms with van der Waals surface area (Å²) in [4.78, 5) is 60.2. The van der Waals surface area contributed by atoms with Crippen LogP contribution in [0.5, 0.6) is 0 Å². The number of likely N-dealkylation sites (tertiary alicyclic amines) is 2. The third-order valence-corrected chi connectivity index (χ3v) is 8.37. The van der Waals surface area contributed by atoms with Crippen LogP contribution < -0.4 is 22.5 Å². The van der Waals surface area contributed by atoms with Gasteiger partial charge in [-0.15, -0.1) is 0 Å². The van der Waals surface area contributed by atoms with Crippen molar-refractivity contribution in [3.8, 4) is 0 Å². The second-order valence-corrected chi connectivity index (χ2v) is 11.6. The summed E-state index contributed by atoms with van der Waals surface area (Å²) in [6.07, 6.45) is 5.51. The molecular weight excluding hydrogens is 546 g/mol. The van der Waals surface area contributed by atoms with Gasteiger partial charge in [-0.05, 0) is 67.7 Å². The molecule has 2 saturated heterocycles. The number of aliphatic imine (C=N–C) groups is 1. The molecule has 3 atom stereocenters. The summed E-state index contributed by atoms with van der Waals surface area (Å²) in [5, 5.41) is 5.07. The predicted molar refractivity (Wildman–Crippen MR) is 167 cm³/mol. The van der Waals surface area contributed by atoms with E-state index in [-0.39, 0.29) is 42.3 Å². The number of benzene rings is 2. The second-order valence-electron chi connectivity index (χ2n) is 11.6. The van der Waals surface area contributed by atoms with Crippen LogP contribution >= 0.6 is 0 Å². The van der Waals surface area contributed by atoms with E-state index in [1.54, 1.807) is 4.90 Å². The zero-order valence-electron chi connectivity index (χ0n) is 24.9. The molecule has 0 spiro atoms. The van der Waals surface area contributed by atoms with Gasteiger partial charge in [-0.3, -0.25) is 24.2 Å². The predicted octanol–water partition coefficient (Wildman–Crippen LogP) is 1.60. The summed E-state index contributed by atoms with van der Waals surface area (Å²) in [6, 6.07) is 11.7. The van der Waals surface area contributed by atoms with E-state index in [4.69, 9.17) is 17.2 Å². The number of Topliss-reactive ketones (excluding diaryl/α,β-unsaturated/α-hetero) is 1. The fraction of sp³-hybridized carbons (Fsp3) is 0.531. The number of carbonyl (C=O) groups excluding carboxylic acids is 4. The largest absolute Gasteiger partial charge is 0.370 e. The van der Waals surface area contributed by atoms with Crippen molar-refractivity contribution in [3.05, 3.63) is 48.0 Å². The summed E-state index contributed by atoms with van der Waals surface area (Å²) in [5.41, 5.74) is 18.2. The molecule has 0 aliphatic carbocycles. The van der Waals surface area contributed by atoms with Crippen LogP contribution in [-0.2, 0) is 25.6 Å². The lowest BCUT2D eigenvalue weighted by atomic mass is 10.0. The lowest BCUT2D eigenvalue weighted by Crippen LogP contribution is -2.54. The van der Waals surface area contributed by atoms with Gasteiger partial charge in [0.1, 0.15) is 6.04 Å². The van der Waals surface area contributed by atoms with Gasteiger partial charge in [0.2, 0.25) is 17.7 Å². The van der Waals surface area contributed by atoms with Gasteiger partial charge in [-0.1, -0.05) is 42.5 Å². The van der Waals surface area contributed by atoms with Gasteiger partial charge in [-0.25, -0.2) is 0 Å². The van der Waals surface area contributed by atoms with Gasteiger partial charge in [-0.2, -0.15) is 0 Å². The molecule has 0 aromatic heterocycles. The first kappa shape index (κ1) is 31.9. The Hall–Kier alpha value is -3.99. The van der Waals surface area contributed by atoms with E-state index >= 15 is 0 Å². The van der Waals surface area contributed by atoms with E-state index in [1.807, 2.05) is 47.4 Å². The standard InChI is InChI=1S/C32H45N7O4/c33-25(21-22-12-13-23-8-2-3-9-24(23)20-22)31(43)39-19-7-11-27(39)30(42)37-26(10-6-16-36-32(34)35)28(40)14-15-29(41)38-17-4-1-5-18-38/h2-3,8-9,12-13,20,25-27H,1,4-7,10-11,14-19,21,33H2,(H,37,42)(H4,34,35,36)/t25-,26-,27-/m0/s1. The Morgan fingerprint density at radius 3 is 2.42 bits per heavy atom. The number of rotatable bonds is 13. The quantitative estimate of drug-likeness (QED) is 0.155. The van der Waals surface area contributed by atoms with Crippen LogP contribution in [0.2, 0.25) is 0 Å². The molecule has 0 bridgehead atoms. The molecule has 3 amide bonds. The Labute approximate surface area is 253 Å². The molecule has 2 aliphatic heterocycles. The highest BCUT2D eigenvalue weighted by atomic mass is 16.2. The Bertz CT molecular complexity index is 1320. The summed E-state index contributed by atoms with van der Waals surface area (Å²) >= 11 is 0. The minimum Gasteiger partial charge on any atom is -0.370 e. The SMILES string of the molecule is NC(N)=NCCC[C@H](NC(=O)[C@@H]1CCCN1C(=O)[C@@H](N)Cc1ccc2ccccc2c1)C(=O)CCC(=O)N1CCCCC1. The van der Waals surface area contributed by atoms with E-state index in [1.165, 1.54) is 0 Å². The summed E-state index contributed by atoms with van der Waals surface area (Å²) in [7, 11) is 0. The first-order valence-corrected chi connectivity index (χ1v) is 15.4. The van der Waals surface area contributed by atoms with E-state index < -0.39 is 18.1 Å². The number of hydrogen-bond acceptors (Lipinski definition) is 6. The fourth-order valence-corrected chi connectivity index (χ4v) is 6.01. The topological polar surface area (TPSA) is 177 Å². The molecule has 11 nitrogen and oxygen atoms in total. The van der Waals surface area contributed by atoms with Crippen LogP contribution in [0.25, 0.3) is 10.8 Å². The molecule has 232 valence electrons. The molecule has 2 aromatic carbocycles. The van der Waals surface area contributed by atoms with Crippen molar-refractivity contribution >= 4 is 40.2 Å². The van der Waals surface area contributed by atoms with Gasteiger partial charge in [0.05, 0.1) is 12.1 Å². The van der Waals surface area contributed by atoms with Crippen molar-refractivity contribution < 1.29 is 19.2 Å². The van der Waals surface area contributed by atoms with Gasteiger partial charge in [0, 0.05) is 39.0 Å². The summed E-state index contributed by atoms with van der Waals surface area (Å²) in [6.45, 7) is 2.18. The smallest absolute Gasteiger partial charge is 0.243 e. The van der Waals surface area contributed by atoms with Crippen molar-refractivity contribution in [2.24, 2.45) is 22.2 Å². The summed E-state index contributed by atoms with van der Waals surface area (Å²) in [5.74, 6) is -0.960. The number of guanidine groups is 1. The summed E-state index contributed by atoms with van der Waals surface area (Å²) < 4.78 is 0. The minimum absolute atomic E-state index is 0.0342. The van der Waals surface area contributed by atoms with Crippen molar-refractivity contribution in [2.75, 3.05) is 26.2 Å². The lowest BCUT2D eigenvalue weighted by molar-refractivity contribution is -0.140. The van der Waals surface area contributed by atoms with Crippen LogP contribution in [0, 0.1) is 0 Å². The first-order chi connectivity index (χ1) is 20.7. The van der Waals surface area contributed by atoms with Gasteiger partial charge in [0.15, 0.2) is 11.7 Å². The Kier molecular flexibility index (Phi) is 11.5. The number of nitrogens with zero attached hydrogens (tertiary/aromatic N) is 3. The fourth-order valence-electron chi connectivity index (χ4n) is 6.01. The number of ketones is 1. The second kappa shape index (κ2) is 15.5. The molecule has 2 aromatic rings. The Morgan fingerprint density at radius 2 is 1.67 bits per heavy atom. The maximum absolute atomic E-state index is 13.5. The Morgan fingerprint density at radius 1 is 0.930 bits per heavy atom. The van der Waals surface area contributed by atoms with Gasteiger partial charge >= 0.3 is 0 Å². The Balaban J connectivity index is 1.37. The van der Waals surface area contributed by atoms with Crippen molar-refractivity contribution in [3.63, 3.8) is 0 Å². The van der Waals surface area contributed by atoms with E-state index in [9.17, 15) is 19.2 Å². The third kappa shape index (κ3) is 9.00. The van der Waals surface area contributed by atoms with Crippen LogP contribution in [0.3, 0.4) is 0 Å². The monoisotopic (exact) mass is 591 g/mol. The molecule has 4 rings (SSSR count). The number of fused-ring (bicyclic) bond motifs is 1. The van der Waals surface area contributed by atoms with Crippen LogP contribution in [0.15, 0.2) is 47.5 Å². The highest BCUT2D eigenvalue weighted by Gasteiger charge is 2.37. The average molecular weight is 592 g/mol. The first-order valence-electron chi connectivity index (χ1n) is 15.4. The van der Waals surface area contributed by atoms with E-state index in [0.717, 1.165) is 48.7 Å². The molecule has 0 radical (unpaired) electrons. The minimum atomic E-state index is -0.806. The normalized spacial score (nSPS) is 18.2. The molecule has 2 aliphatic rings. The molecule has 43 heavy (non-hydrogen) atoms. The molecule has 7 N–H and O–H groups in total. The molecule has 2 heterocycles. The third-order valence-electron chi connectivity index (χ3n) is 8.37. The number of nitrogens with two attached hydrogens (primary N) is 3. The van der Waals surface area contributed by atoms with E-state index in [2.05, 4.69) is 10.3 Å². The number of carbonyl (C=O) groups is 4. The molecular formula is C32H45N7O4. The maximum Gasteiger partial charge on any atom is 0.243 e. The zero-order valence-corrected chi connectivity index (χ0v) is 24.9. The zero-order chi connectivity index (χ0) is 30.8. The molecule has 2 fully saturated rings. The highest BCUT2D eigenvalue weighted by Crippen LogP contribution is 2.21. The van der Waals surface area contributed by atoms with Gasteiger partial charge in [0.25, 0.3) is 0 Å². The van der Waals surface area contributed by atoms with Crippen LogP contribution in [0.4, 0.5) is 0 Å². The van der Waals surface area contributed by atoms with E-state index in [0.29, 0.717) is 45.2 Å².